The lowest BCUT2D eigenvalue weighted by Gasteiger charge is -2.20. The van der Waals surface area contributed by atoms with Crippen molar-refractivity contribution in [3.8, 4) is 0 Å². The van der Waals surface area contributed by atoms with Crippen molar-refractivity contribution in [2.24, 2.45) is 0 Å². The first-order valence-corrected chi connectivity index (χ1v) is 6.87. The zero-order valence-corrected chi connectivity index (χ0v) is 12.6. The molecule has 0 fully saturated rings. The highest BCUT2D eigenvalue weighted by atomic mass is 35.5. The molecule has 3 aromatic rings. The number of anilines is 2. The van der Waals surface area contributed by atoms with Crippen LogP contribution in [0, 0.1) is 10.1 Å². The molecule has 3 rings (SSSR count). The standard InChI is InChI=1S/C13H9ClN6O4/c14-11-13(17-12-10(16-11)5-2-6-15-12)18-19(24-23)8-3-1-4-9(7-8)20(21)22/h1-7,23H,(H,15,17,18). The molecule has 0 saturated carbocycles. The minimum Gasteiger partial charge on any atom is -0.258 e. The van der Waals surface area contributed by atoms with E-state index in [2.05, 4.69) is 25.4 Å². The van der Waals surface area contributed by atoms with Crippen molar-refractivity contribution in [1.29, 1.82) is 0 Å². The monoisotopic (exact) mass is 348 g/mol. The highest BCUT2D eigenvalue weighted by Gasteiger charge is 2.16. The Kier molecular flexibility index (Phi) is 4.33. The van der Waals surface area contributed by atoms with Gasteiger partial charge in [0.15, 0.2) is 16.6 Å². The third kappa shape index (κ3) is 3.15. The van der Waals surface area contributed by atoms with Crippen LogP contribution in [-0.4, -0.2) is 25.1 Å². The maximum Gasteiger partial charge on any atom is 0.271 e. The van der Waals surface area contributed by atoms with Gasteiger partial charge in [0.2, 0.25) is 0 Å². The third-order valence-electron chi connectivity index (χ3n) is 2.96. The molecule has 0 atom stereocenters. The van der Waals surface area contributed by atoms with E-state index in [1.165, 1.54) is 30.5 Å². The molecule has 2 N–H and O–H groups in total. The predicted molar refractivity (Wildman–Crippen MR) is 85.3 cm³/mol. The molecule has 1 aromatic carbocycles. The van der Waals surface area contributed by atoms with Crippen molar-refractivity contribution < 1.29 is 15.2 Å². The van der Waals surface area contributed by atoms with E-state index in [0.717, 1.165) is 5.17 Å². The molecule has 0 aliphatic heterocycles. The zero-order chi connectivity index (χ0) is 17.1. The van der Waals surface area contributed by atoms with Gasteiger partial charge in [0.1, 0.15) is 5.52 Å². The zero-order valence-electron chi connectivity index (χ0n) is 11.8. The van der Waals surface area contributed by atoms with Crippen molar-refractivity contribution in [2.75, 3.05) is 10.6 Å². The van der Waals surface area contributed by atoms with Gasteiger partial charge in [-0.25, -0.2) is 20.2 Å². The minimum atomic E-state index is -0.578. The summed E-state index contributed by atoms with van der Waals surface area (Å²) in [6.07, 6.45) is 1.54. The SMILES string of the molecule is O=[N+]([O-])c1cccc(N(Nc2nc3ncccc3nc2Cl)OO)c1. The quantitative estimate of drug-likeness (QED) is 0.406. The summed E-state index contributed by atoms with van der Waals surface area (Å²) in [5.74, 6) is 0.0448. The van der Waals surface area contributed by atoms with Crippen molar-refractivity contribution >= 4 is 40.0 Å². The normalized spacial score (nSPS) is 10.6. The van der Waals surface area contributed by atoms with E-state index in [0.29, 0.717) is 11.2 Å². The molecule has 0 unspecified atom stereocenters. The van der Waals surface area contributed by atoms with Gasteiger partial charge in [0, 0.05) is 18.3 Å². The maximum atomic E-state index is 10.8. The summed E-state index contributed by atoms with van der Waals surface area (Å²) in [4.78, 5) is 26.8. The Hall–Kier alpha value is -3.08. The van der Waals surface area contributed by atoms with Crippen LogP contribution in [0.3, 0.4) is 0 Å². The van der Waals surface area contributed by atoms with Crippen LogP contribution >= 0.6 is 11.6 Å². The van der Waals surface area contributed by atoms with Gasteiger partial charge < -0.3 is 0 Å². The van der Waals surface area contributed by atoms with Crippen LogP contribution in [0.4, 0.5) is 17.2 Å². The van der Waals surface area contributed by atoms with Gasteiger partial charge in [-0.2, -0.15) is 0 Å². The van der Waals surface area contributed by atoms with E-state index >= 15 is 0 Å². The molecule has 2 heterocycles. The number of rotatable bonds is 5. The second-order valence-electron chi connectivity index (χ2n) is 4.47. The molecule has 0 aliphatic rings. The fraction of sp³-hybridized carbons (Fsp3) is 0. The molecular weight excluding hydrogens is 340 g/mol. The topological polar surface area (TPSA) is 127 Å². The van der Waals surface area contributed by atoms with E-state index < -0.39 is 4.92 Å². The second kappa shape index (κ2) is 6.58. The van der Waals surface area contributed by atoms with Gasteiger partial charge in [-0.3, -0.25) is 15.5 Å². The summed E-state index contributed by atoms with van der Waals surface area (Å²) in [5, 5.41) is 20.6. The number of benzene rings is 1. The van der Waals surface area contributed by atoms with Gasteiger partial charge >= 0.3 is 0 Å². The van der Waals surface area contributed by atoms with Crippen LogP contribution in [0.25, 0.3) is 11.2 Å². The first-order chi connectivity index (χ1) is 11.6. The van der Waals surface area contributed by atoms with Crippen LogP contribution in [0.1, 0.15) is 0 Å². The predicted octanol–water partition coefficient (Wildman–Crippen LogP) is 2.82. The highest BCUT2D eigenvalue weighted by Crippen LogP contribution is 2.25. The Labute approximate surface area is 139 Å². The summed E-state index contributed by atoms with van der Waals surface area (Å²) >= 11 is 6.04. The number of aromatic nitrogens is 3. The van der Waals surface area contributed by atoms with Gasteiger partial charge in [-0.15, -0.1) is 5.17 Å². The molecule has 11 heteroatoms. The number of nitrogens with one attached hydrogen (secondary N) is 1. The van der Waals surface area contributed by atoms with Crippen LogP contribution in [0.2, 0.25) is 5.15 Å². The van der Waals surface area contributed by atoms with Gasteiger partial charge in [0.25, 0.3) is 5.69 Å². The molecule has 0 saturated heterocycles. The second-order valence-corrected chi connectivity index (χ2v) is 4.83. The number of hydrazine groups is 1. The molecule has 2 aromatic heterocycles. The number of fused-ring (bicyclic) bond motifs is 1. The average Bonchev–Trinajstić information content (AvgIpc) is 2.60. The number of pyridine rings is 1. The van der Waals surface area contributed by atoms with Crippen molar-refractivity contribution in [3.63, 3.8) is 0 Å². The fourth-order valence-corrected chi connectivity index (χ4v) is 2.08. The Bertz CT molecular complexity index is 909. The summed E-state index contributed by atoms with van der Waals surface area (Å²) < 4.78 is 0. The van der Waals surface area contributed by atoms with Gasteiger partial charge in [-0.05, 0) is 18.2 Å². The number of hydrogen-bond acceptors (Lipinski definition) is 9. The summed E-state index contributed by atoms with van der Waals surface area (Å²) in [6, 6.07) is 8.75. The number of halogens is 1. The van der Waals surface area contributed by atoms with E-state index in [4.69, 9.17) is 16.9 Å². The maximum absolute atomic E-state index is 10.8. The Morgan fingerprint density at radius 3 is 2.88 bits per heavy atom. The smallest absolute Gasteiger partial charge is 0.258 e. The van der Waals surface area contributed by atoms with Crippen LogP contribution in [-0.2, 0) is 4.99 Å². The molecule has 0 spiro atoms. The Balaban J connectivity index is 1.94. The molecule has 0 amide bonds. The van der Waals surface area contributed by atoms with Crippen molar-refractivity contribution in [3.05, 3.63) is 57.9 Å². The largest absolute Gasteiger partial charge is 0.271 e. The lowest BCUT2D eigenvalue weighted by molar-refractivity contribution is -0.384. The minimum absolute atomic E-state index is 0.00276. The molecule has 24 heavy (non-hydrogen) atoms. The van der Waals surface area contributed by atoms with Gasteiger partial charge in [0.05, 0.1) is 10.6 Å². The molecule has 0 radical (unpaired) electrons. The summed E-state index contributed by atoms with van der Waals surface area (Å²) in [6.45, 7) is 0. The fourth-order valence-electron chi connectivity index (χ4n) is 1.90. The number of nitro groups is 1. The first kappa shape index (κ1) is 15.8. The van der Waals surface area contributed by atoms with E-state index in [1.54, 1.807) is 12.1 Å². The van der Waals surface area contributed by atoms with E-state index in [1.807, 2.05) is 0 Å². The third-order valence-corrected chi connectivity index (χ3v) is 3.23. The van der Waals surface area contributed by atoms with Crippen LogP contribution in [0.15, 0.2) is 42.6 Å². The number of nitrogens with zero attached hydrogens (tertiary/aromatic N) is 5. The number of nitro benzene ring substituents is 1. The Morgan fingerprint density at radius 1 is 1.29 bits per heavy atom. The summed E-state index contributed by atoms with van der Waals surface area (Å²) in [7, 11) is 0. The van der Waals surface area contributed by atoms with Gasteiger partial charge in [-0.1, -0.05) is 22.7 Å². The number of hydrogen-bond donors (Lipinski definition) is 2. The molecular formula is C13H9ClN6O4. The Morgan fingerprint density at radius 2 is 2.12 bits per heavy atom. The lowest BCUT2D eigenvalue weighted by atomic mass is 10.3. The summed E-state index contributed by atoms with van der Waals surface area (Å²) in [5.41, 5.74) is 3.33. The molecule has 10 nitrogen and oxygen atoms in total. The number of non-ortho nitro benzene ring substituents is 1. The molecule has 122 valence electrons. The highest BCUT2D eigenvalue weighted by molar-refractivity contribution is 6.32. The lowest BCUT2D eigenvalue weighted by Crippen LogP contribution is -2.29. The van der Waals surface area contributed by atoms with E-state index in [-0.39, 0.29) is 22.3 Å². The van der Waals surface area contributed by atoms with Crippen molar-refractivity contribution in [2.45, 2.75) is 0 Å². The van der Waals surface area contributed by atoms with Crippen LogP contribution < -0.4 is 10.6 Å². The molecule has 0 bridgehead atoms. The first-order valence-electron chi connectivity index (χ1n) is 6.49. The van der Waals surface area contributed by atoms with E-state index in [9.17, 15) is 10.1 Å². The molecule has 0 aliphatic carbocycles. The van der Waals surface area contributed by atoms with Crippen molar-refractivity contribution in [1.82, 2.24) is 15.0 Å². The van der Waals surface area contributed by atoms with Crippen LogP contribution in [0.5, 0.6) is 0 Å². The average molecular weight is 349 g/mol.